The summed E-state index contributed by atoms with van der Waals surface area (Å²) in [7, 11) is 0. The van der Waals surface area contributed by atoms with Gasteiger partial charge in [-0.1, -0.05) is 6.08 Å². The molecule has 0 amide bonds. The van der Waals surface area contributed by atoms with Crippen LogP contribution in [0, 0.1) is 0 Å². The molecule has 5 nitrogen and oxygen atoms in total. The highest BCUT2D eigenvalue weighted by Crippen LogP contribution is 2.04. The molecule has 0 aromatic carbocycles. The number of hydrogen-bond donors (Lipinski definition) is 1. The Morgan fingerprint density at radius 2 is 2.29 bits per heavy atom. The minimum Gasteiger partial charge on any atom is -0.379 e. The van der Waals surface area contributed by atoms with Crippen LogP contribution in [0.2, 0.25) is 0 Å². The third kappa shape index (κ3) is 3.57. The van der Waals surface area contributed by atoms with Gasteiger partial charge in [-0.15, -0.1) is 6.58 Å². The van der Waals surface area contributed by atoms with Crippen LogP contribution in [0.3, 0.4) is 0 Å². The molecule has 0 bridgehead atoms. The van der Waals surface area contributed by atoms with Gasteiger partial charge in [0.05, 0.1) is 13.2 Å². The SMILES string of the molecule is C=CCn1ccnc1NCCN1CCOCC1. The van der Waals surface area contributed by atoms with Gasteiger partial charge < -0.3 is 14.6 Å². The third-order valence-corrected chi connectivity index (χ3v) is 2.86. The van der Waals surface area contributed by atoms with Crippen LogP contribution >= 0.6 is 0 Å². The lowest BCUT2D eigenvalue weighted by atomic mass is 10.4. The average Bonchev–Trinajstić information content (AvgIpc) is 2.79. The average molecular weight is 236 g/mol. The predicted molar refractivity (Wildman–Crippen MR) is 68.2 cm³/mol. The Morgan fingerprint density at radius 1 is 1.47 bits per heavy atom. The molecule has 1 aliphatic heterocycles. The predicted octanol–water partition coefficient (Wildman–Crippen LogP) is 0.813. The number of aromatic nitrogens is 2. The molecule has 0 atom stereocenters. The smallest absolute Gasteiger partial charge is 0.203 e. The van der Waals surface area contributed by atoms with Gasteiger partial charge >= 0.3 is 0 Å². The lowest BCUT2D eigenvalue weighted by molar-refractivity contribution is 0.0398. The van der Waals surface area contributed by atoms with Crippen molar-refractivity contribution in [1.82, 2.24) is 14.5 Å². The van der Waals surface area contributed by atoms with E-state index < -0.39 is 0 Å². The van der Waals surface area contributed by atoms with Crippen LogP contribution in [0.25, 0.3) is 0 Å². The molecule has 1 aromatic heterocycles. The topological polar surface area (TPSA) is 42.3 Å². The Balaban J connectivity index is 1.73. The molecule has 5 heteroatoms. The van der Waals surface area contributed by atoms with Crippen LogP contribution in [0.4, 0.5) is 5.95 Å². The molecule has 0 unspecified atom stereocenters. The van der Waals surface area contributed by atoms with E-state index in [2.05, 4.69) is 21.8 Å². The largest absolute Gasteiger partial charge is 0.379 e. The molecule has 1 saturated heterocycles. The standard InChI is InChI=1S/C12H20N4O/c1-2-5-16-7-4-14-12(16)13-3-6-15-8-10-17-11-9-15/h2,4,7H,1,3,5-6,8-11H2,(H,13,14). The fraction of sp³-hybridized carbons (Fsp3) is 0.583. The summed E-state index contributed by atoms with van der Waals surface area (Å²) in [4.78, 5) is 6.68. The molecule has 17 heavy (non-hydrogen) atoms. The monoisotopic (exact) mass is 236 g/mol. The molecular formula is C12H20N4O. The second-order valence-electron chi connectivity index (χ2n) is 4.07. The van der Waals surface area contributed by atoms with Crippen LogP contribution in [-0.2, 0) is 11.3 Å². The van der Waals surface area contributed by atoms with Crippen molar-refractivity contribution in [2.75, 3.05) is 44.7 Å². The van der Waals surface area contributed by atoms with Crippen LogP contribution in [0.5, 0.6) is 0 Å². The number of ether oxygens (including phenoxy) is 1. The zero-order chi connectivity index (χ0) is 11.9. The second-order valence-corrected chi connectivity index (χ2v) is 4.07. The van der Waals surface area contributed by atoms with Crippen LogP contribution < -0.4 is 5.32 Å². The van der Waals surface area contributed by atoms with Crippen molar-refractivity contribution in [2.45, 2.75) is 6.54 Å². The highest BCUT2D eigenvalue weighted by molar-refractivity contribution is 5.26. The first-order valence-corrected chi connectivity index (χ1v) is 6.06. The van der Waals surface area contributed by atoms with E-state index in [9.17, 15) is 0 Å². The van der Waals surface area contributed by atoms with E-state index in [1.807, 2.05) is 16.8 Å². The van der Waals surface area contributed by atoms with Gasteiger partial charge in [0, 0.05) is 45.1 Å². The van der Waals surface area contributed by atoms with E-state index in [1.54, 1.807) is 6.20 Å². The van der Waals surface area contributed by atoms with E-state index in [4.69, 9.17) is 4.74 Å². The molecule has 0 aliphatic carbocycles. The molecule has 1 fully saturated rings. The number of morpholine rings is 1. The Bertz CT molecular complexity index is 344. The van der Waals surface area contributed by atoms with Crippen molar-refractivity contribution in [2.24, 2.45) is 0 Å². The number of imidazole rings is 1. The summed E-state index contributed by atoms with van der Waals surface area (Å²) in [6.45, 7) is 10.2. The van der Waals surface area contributed by atoms with E-state index in [-0.39, 0.29) is 0 Å². The van der Waals surface area contributed by atoms with Gasteiger partial charge in [0.15, 0.2) is 0 Å². The first-order chi connectivity index (χ1) is 8.40. The summed E-state index contributed by atoms with van der Waals surface area (Å²) in [6, 6.07) is 0. The van der Waals surface area contributed by atoms with E-state index >= 15 is 0 Å². The molecule has 1 aliphatic rings. The minimum atomic E-state index is 0.792. The second kappa shape index (κ2) is 6.42. The molecule has 0 saturated carbocycles. The number of nitrogens with zero attached hydrogens (tertiary/aromatic N) is 3. The molecule has 0 spiro atoms. The van der Waals surface area contributed by atoms with E-state index in [0.717, 1.165) is 51.9 Å². The fourth-order valence-corrected chi connectivity index (χ4v) is 1.91. The lowest BCUT2D eigenvalue weighted by Gasteiger charge is -2.26. The van der Waals surface area contributed by atoms with Crippen molar-refractivity contribution >= 4 is 5.95 Å². The van der Waals surface area contributed by atoms with Crippen molar-refractivity contribution < 1.29 is 4.74 Å². The lowest BCUT2D eigenvalue weighted by Crippen LogP contribution is -2.39. The van der Waals surface area contributed by atoms with Crippen molar-refractivity contribution in [3.63, 3.8) is 0 Å². The summed E-state index contributed by atoms with van der Waals surface area (Å²) in [5.74, 6) is 0.915. The van der Waals surface area contributed by atoms with Gasteiger partial charge in [-0.05, 0) is 0 Å². The number of anilines is 1. The number of nitrogens with one attached hydrogen (secondary N) is 1. The van der Waals surface area contributed by atoms with Crippen LogP contribution in [0.15, 0.2) is 25.0 Å². The summed E-state index contributed by atoms with van der Waals surface area (Å²) >= 11 is 0. The van der Waals surface area contributed by atoms with Gasteiger partial charge in [0.25, 0.3) is 0 Å². The maximum atomic E-state index is 5.31. The molecule has 1 aromatic rings. The maximum Gasteiger partial charge on any atom is 0.203 e. The number of allylic oxidation sites excluding steroid dienone is 1. The van der Waals surface area contributed by atoms with Crippen molar-refractivity contribution in [1.29, 1.82) is 0 Å². The van der Waals surface area contributed by atoms with Gasteiger partial charge in [0.2, 0.25) is 5.95 Å². The Hall–Kier alpha value is -1.33. The van der Waals surface area contributed by atoms with E-state index in [0.29, 0.717) is 0 Å². The molecule has 0 radical (unpaired) electrons. The van der Waals surface area contributed by atoms with Gasteiger partial charge in [-0.2, -0.15) is 0 Å². The molecule has 1 N–H and O–H groups in total. The number of hydrogen-bond acceptors (Lipinski definition) is 4. The number of rotatable bonds is 6. The fourth-order valence-electron chi connectivity index (χ4n) is 1.91. The highest BCUT2D eigenvalue weighted by atomic mass is 16.5. The molecule has 2 heterocycles. The Labute approximate surface area is 102 Å². The van der Waals surface area contributed by atoms with Crippen molar-refractivity contribution in [3.8, 4) is 0 Å². The van der Waals surface area contributed by atoms with Crippen molar-refractivity contribution in [3.05, 3.63) is 25.0 Å². The third-order valence-electron chi connectivity index (χ3n) is 2.86. The normalized spacial score (nSPS) is 16.9. The van der Waals surface area contributed by atoms with Crippen LogP contribution in [0.1, 0.15) is 0 Å². The highest BCUT2D eigenvalue weighted by Gasteiger charge is 2.09. The Morgan fingerprint density at radius 3 is 3.06 bits per heavy atom. The first kappa shape index (κ1) is 12.1. The summed E-state index contributed by atoms with van der Waals surface area (Å²) in [5, 5.41) is 3.35. The van der Waals surface area contributed by atoms with E-state index in [1.165, 1.54) is 0 Å². The maximum absolute atomic E-state index is 5.31. The Kier molecular flexibility index (Phi) is 4.58. The van der Waals surface area contributed by atoms with Gasteiger partial charge in [-0.3, -0.25) is 4.90 Å². The van der Waals surface area contributed by atoms with Gasteiger partial charge in [-0.25, -0.2) is 4.98 Å². The minimum absolute atomic E-state index is 0.792. The first-order valence-electron chi connectivity index (χ1n) is 6.06. The molecule has 94 valence electrons. The zero-order valence-corrected chi connectivity index (χ0v) is 10.1. The molecular weight excluding hydrogens is 216 g/mol. The van der Waals surface area contributed by atoms with Gasteiger partial charge in [0.1, 0.15) is 0 Å². The summed E-state index contributed by atoms with van der Waals surface area (Å²) in [5.41, 5.74) is 0. The molecule has 2 rings (SSSR count). The summed E-state index contributed by atoms with van der Waals surface area (Å²) in [6.07, 6.45) is 5.63. The zero-order valence-electron chi connectivity index (χ0n) is 10.1. The summed E-state index contributed by atoms with van der Waals surface area (Å²) < 4.78 is 7.36. The quantitative estimate of drug-likeness (QED) is 0.742. The van der Waals surface area contributed by atoms with Crippen LogP contribution in [-0.4, -0.2) is 53.8 Å².